The van der Waals surface area contributed by atoms with Crippen molar-refractivity contribution in [3.05, 3.63) is 47.5 Å². The summed E-state index contributed by atoms with van der Waals surface area (Å²) in [4.78, 5) is 13.2. The summed E-state index contributed by atoms with van der Waals surface area (Å²) in [5, 5.41) is 13.9. The van der Waals surface area contributed by atoms with Crippen LogP contribution in [0.2, 0.25) is 0 Å². The zero-order valence-corrected chi connectivity index (χ0v) is 21.8. The van der Waals surface area contributed by atoms with Gasteiger partial charge in [-0.15, -0.1) is 0 Å². The maximum Gasteiger partial charge on any atom is 0.324 e. The Balaban J connectivity index is 1.19. The van der Waals surface area contributed by atoms with Crippen molar-refractivity contribution >= 4 is 5.97 Å². The lowest BCUT2D eigenvalue weighted by atomic mass is 9.46. The zero-order valence-electron chi connectivity index (χ0n) is 21.8. The molecule has 1 aromatic rings. The average Bonchev–Trinajstić information content (AvgIpc) is 3.20. The lowest BCUT2D eigenvalue weighted by molar-refractivity contribution is -0.184. The smallest absolute Gasteiger partial charge is 0.324 e. The van der Waals surface area contributed by atoms with Crippen LogP contribution in [-0.2, 0) is 16.0 Å². The highest BCUT2D eigenvalue weighted by atomic mass is 16.6. The number of aliphatic hydroxyl groups is 1. The minimum Gasteiger partial charge on any atom is -0.457 e. The molecule has 0 radical (unpaired) electrons. The van der Waals surface area contributed by atoms with Crippen molar-refractivity contribution in [1.82, 2.24) is 5.32 Å². The van der Waals surface area contributed by atoms with Gasteiger partial charge >= 0.3 is 5.97 Å². The Hall–Kier alpha value is -1.65. The predicted molar refractivity (Wildman–Crippen MR) is 138 cm³/mol. The quantitative estimate of drug-likeness (QED) is 0.449. The lowest BCUT2D eigenvalue weighted by Gasteiger charge is -2.59. The Kier molecular flexibility index (Phi) is 5.73. The summed E-state index contributed by atoms with van der Waals surface area (Å²) >= 11 is 0. The molecule has 4 fully saturated rings. The number of allylic oxidation sites excluding steroid dienone is 1. The fourth-order valence-electron chi connectivity index (χ4n) is 9.59. The van der Waals surface area contributed by atoms with Gasteiger partial charge < -0.3 is 15.2 Å². The summed E-state index contributed by atoms with van der Waals surface area (Å²) in [6, 6.07) is 9.99. The molecule has 4 aliphatic carbocycles. The highest BCUT2D eigenvalue weighted by molar-refractivity contribution is 5.77. The Bertz CT molecular complexity index is 1010. The zero-order chi connectivity index (χ0) is 24.4. The molecular weight excluding hydrogens is 434 g/mol. The van der Waals surface area contributed by atoms with Crippen LogP contribution >= 0.6 is 0 Å². The molecule has 3 saturated carbocycles. The number of carbonyl (C=O) groups excluding carboxylic acids is 1. The lowest BCUT2D eigenvalue weighted by Crippen LogP contribution is -2.62. The van der Waals surface area contributed by atoms with Crippen molar-refractivity contribution in [3.8, 4) is 0 Å². The van der Waals surface area contributed by atoms with Crippen LogP contribution < -0.4 is 5.32 Å². The fraction of sp³-hybridized carbons (Fsp3) is 0.710. The van der Waals surface area contributed by atoms with Crippen LogP contribution in [0.4, 0.5) is 0 Å². The molecule has 0 aromatic heterocycles. The molecule has 0 spiro atoms. The van der Waals surface area contributed by atoms with Crippen LogP contribution in [0.25, 0.3) is 0 Å². The van der Waals surface area contributed by atoms with Crippen LogP contribution in [0.3, 0.4) is 0 Å². The first-order valence-electron chi connectivity index (χ1n) is 14.1. The molecule has 9 atom stereocenters. The van der Waals surface area contributed by atoms with E-state index in [1.54, 1.807) is 0 Å². The number of benzene rings is 1. The number of hydrogen-bond acceptors (Lipinski definition) is 4. The van der Waals surface area contributed by atoms with Crippen LogP contribution in [0.15, 0.2) is 42.0 Å². The van der Waals surface area contributed by atoms with E-state index in [0.29, 0.717) is 18.3 Å². The van der Waals surface area contributed by atoms with Gasteiger partial charge in [0.1, 0.15) is 11.6 Å². The van der Waals surface area contributed by atoms with Crippen molar-refractivity contribution in [3.63, 3.8) is 0 Å². The molecule has 35 heavy (non-hydrogen) atoms. The molecule has 6 rings (SSSR count). The molecule has 0 amide bonds. The van der Waals surface area contributed by atoms with Crippen LogP contribution in [0, 0.1) is 34.5 Å². The standard InChI is InChI=1S/C31H43NO3/c1-29-15-13-22(33)18-21(29)9-10-23-24-11-12-27(30(24,2)16-14-25(23)29)31(3)19-32-26(28(34)35-31)17-20-7-5-4-6-8-20/h4-9,22-27,32-33H,10-19H2,1-3H3/t22-,23-,24-,25-,26-,27?,29-,30-,31-/m0/s1. The van der Waals surface area contributed by atoms with Crippen molar-refractivity contribution in [2.75, 3.05) is 6.54 Å². The minimum absolute atomic E-state index is 0.0816. The van der Waals surface area contributed by atoms with E-state index in [2.05, 4.69) is 44.3 Å². The first-order chi connectivity index (χ1) is 16.7. The largest absolute Gasteiger partial charge is 0.457 e. The molecular formula is C31H43NO3. The number of esters is 1. The van der Waals surface area contributed by atoms with E-state index in [1.807, 2.05) is 18.2 Å². The minimum atomic E-state index is -0.435. The summed E-state index contributed by atoms with van der Waals surface area (Å²) < 4.78 is 6.37. The number of cyclic esters (lactones) is 1. The third-order valence-corrected chi connectivity index (χ3v) is 11.4. The molecule has 4 heteroatoms. The third kappa shape index (κ3) is 3.73. The van der Waals surface area contributed by atoms with Gasteiger partial charge in [0, 0.05) is 12.5 Å². The number of nitrogens with one attached hydrogen (secondary N) is 1. The molecule has 2 N–H and O–H groups in total. The van der Waals surface area contributed by atoms with Crippen LogP contribution in [0.1, 0.15) is 77.7 Å². The molecule has 1 aliphatic heterocycles. The van der Waals surface area contributed by atoms with E-state index in [1.165, 1.54) is 36.8 Å². The Morgan fingerprint density at radius 1 is 1.03 bits per heavy atom. The molecule has 4 nitrogen and oxygen atoms in total. The average molecular weight is 478 g/mol. The van der Waals surface area contributed by atoms with Gasteiger partial charge in [-0.3, -0.25) is 4.79 Å². The van der Waals surface area contributed by atoms with E-state index in [4.69, 9.17) is 4.74 Å². The van der Waals surface area contributed by atoms with Crippen LogP contribution in [0.5, 0.6) is 0 Å². The van der Waals surface area contributed by atoms with E-state index < -0.39 is 5.60 Å². The Morgan fingerprint density at radius 3 is 2.60 bits per heavy atom. The maximum atomic E-state index is 13.2. The number of hydrogen-bond donors (Lipinski definition) is 2. The first kappa shape index (κ1) is 23.7. The number of morpholine rings is 1. The summed E-state index contributed by atoms with van der Waals surface area (Å²) in [7, 11) is 0. The van der Waals surface area contributed by atoms with Crippen molar-refractivity contribution < 1.29 is 14.6 Å². The van der Waals surface area contributed by atoms with Gasteiger partial charge in [0.2, 0.25) is 0 Å². The second kappa shape index (κ2) is 8.45. The number of rotatable bonds is 3. The predicted octanol–water partition coefficient (Wildman–Crippen LogP) is 5.44. The Labute approximate surface area is 210 Å². The Morgan fingerprint density at radius 2 is 1.83 bits per heavy atom. The molecule has 1 saturated heterocycles. The molecule has 1 unspecified atom stereocenters. The van der Waals surface area contributed by atoms with Gasteiger partial charge in [0.05, 0.1) is 6.10 Å². The SMILES string of the molecule is C[C@]12CC[C@H](O)CC1=CC[C@@H]1[C@@H]2CC[C@]2(C)C([C@]3(C)CN[C@@H](Cc4ccccc4)C(=O)O3)CC[C@@H]12. The van der Waals surface area contributed by atoms with Crippen molar-refractivity contribution in [2.24, 2.45) is 34.5 Å². The molecule has 190 valence electrons. The summed E-state index contributed by atoms with van der Waals surface area (Å²) in [6.07, 6.45) is 12.1. The highest BCUT2D eigenvalue weighted by Crippen LogP contribution is 2.67. The maximum absolute atomic E-state index is 13.2. The second-order valence-electron chi connectivity index (χ2n) is 13.2. The van der Waals surface area contributed by atoms with Crippen LogP contribution in [-0.4, -0.2) is 35.4 Å². The number of aliphatic hydroxyl groups excluding tert-OH is 1. The topological polar surface area (TPSA) is 58.6 Å². The fourth-order valence-corrected chi connectivity index (χ4v) is 9.59. The molecule has 1 heterocycles. The van der Waals surface area contributed by atoms with Gasteiger partial charge in [0.25, 0.3) is 0 Å². The van der Waals surface area contributed by atoms with Gasteiger partial charge in [-0.25, -0.2) is 0 Å². The van der Waals surface area contributed by atoms with E-state index >= 15 is 0 Å². The molecule has 5 aliphatic rings. The molecule has 1 aromatic carbocycles. The highest BCUT2D eigenvalue weighted by Gasteiger charge is 2.63. The number of carbonyl (C=O) groups is 1. The summed E-state index contributed by atoms with van der Waals surface area (Å²) in [5.41, 5.74) is 2.77. The normalized spacial score (nSPS) is 47.2. The third-order valence-electron chi connectivity index (χ3n) is 11.4. The van der Waals surface area contributed by atoms with Gasteiger partial charge in [-0.2, -0.15) is 0 Å². The monoisotopic (exact) mass is 477 g/mol. The summed E-state index contributed by atoms with van der Waals surface area (Å²) in [5.74, 6) is 2.49. The number of ether oxygens (including phenoxy) is 1. The van der Waals surface area contributed by atoms with E-state index in [-0.39, 0.29) is 28.9 Å². The van der Waals surface area contributed by atoms with Crippen molar-refractivity contribution in [2.45, 2.75) is 96.3 Å². The first-order valence-corrected chi connectivity index (χ1v) is 14.1. The molecule has 0 bridgehead atoms. The van der Waals surface area contributed by atoms with Gasteiger partial charge in [0.15, 0.2) is 0 Å². The number of fused-ring (bicyclic) bond motifs is 5. The van der Waals surface area contributed by atoms with Gasteiger partial charge in [-0.05, 0) is 98.9 Å². The summed E-state index contributed by atoms with van der Waals surface area (Å²) in [6.45, 7) is 7.96. The van der Waals surface area contributed by atoms with Crippen molar-refractivity contribution in [1.29, 1.82) is 0 Å². The van der Waals surface area contributed by atoms with Gasteiger partial charge in [-0.1, -0.05) is 55.8 Å². The second-order valence-corrected chi connectivity index (χ2v) is 13.2. The van der Waals surface area contributed by atoms with E-state index in [0.717, 1.165) is 44.1 Å². The van der Waals surface area contributed by atoms with E-state index in [9.17, 15) is 9.90 Å².